The number of nitrogens with zero attached hydrogens (tertiary/aromatic N) is 1. The quantitative estimate of drug-likeness (QED) is 0.187. The van der Waals surface area contributed by atoms with Crippen LogP contribution >= 0.6 is 0 Å². The van der Waals surface area contributed by atoms with Crippen LogP contribution in [0.2, 0.25) is 0 Å². The van der Waals surface area contributed by atoms with Gasteiger partial charge in [0, 0.05) is 46.6 Å². The second kappa shape index (κ2) is 10.8. The van der Waals surface area contributed by atoms with Gasteiger partial charge in [-0.25, -0.2) is 0 Å². The van der Waals surface area contributed by atoms with Crippen LogP contribution in [0, 0.1) is 6.92 Å². The lowest BCUT2D eigenvalue weighted by atomic mass is 9.84. The molecule has 3 aromatic carbocycles. The molecule has 0 radical (unpaired) electrons. The minimum atomic E-state index is -1.39. The molecule has 0 amide bonds. The zero-order valence-electron chi connectivity index (χ0n) is 22.3. The van der Waals surface area contributed by atoms with E-state index in [-0.39, 0.29) is 11.7 Å². The molecule has 2 unspecified atom stereocenters. The van der Waals surface area contributed by atoms with Crippen LogP contribution in [0.25, 0.3) is 11.0 Å². The minimum Gasteiger partial charge on any atom is -0.497 e. The first-order valence-corrected chi connectivity index (χ1v) is 12.9. The number of Topliss-reactive ketones (excluding diaryl/α,β-unsaturated/α-hetero) is 1. The molecule has 2 heterocycles. The molecule has 0 aliphatic carbocycles. The zero-order chi connectivity index (χ0) is 27.6. The fraction of sp³-hybridized carbons (Fsp3) is 0.212. The van der Waals surface area contributed by atoms with Crippen molar-refractivity contribution in [3.05, 3.63) is 131 Å². The van der Waals surface area contributed by atoms with E-state index in [1.807, 2.05) is 48.5 Å². The molecular formula is C33H32NO5+. The van der Waals surface area contributed by atoms with Gasteiger partial charge in [0.15, 0.2) is 0 Å². The molecule has 0 aliphatic heterocycles. The molecule has 5 aromatic rings. The molecule has 6 heteroatoms. The van der Waals surface area contributed by atoms with Crippen LogP contribution in [0.1, 0.15) is 52.8 Å². The standard InChI is InChI=1S/C33H32NO5/c1-22-17-28(38-3)10-11-29(22)30(24-7-5-4-6-8-24)21-27(35)19-23-9-12-31-25(18-23)20-32(39-31)33(2,36)26-13-15-34(37)16-14-26/h4-18,20,30,36-37H,19,21H2,1-3H3/q+1. The SMILES string of the molecule is COc1ccc(C(CC(=O)Cc2ccc3oc(C(C)(O)c4cc[n+](O)cc4)cc3c2)c2ccccc2)c(C)c1. The highest BCUT2D eigenvalue weighted by atomic mass is 16.5. The summed E-state index contributed by atoms with van der Waals surface area (Å²) in [7, 11) is 1.65. The number of aliphatic hydroxyl groups is 1. The van der Waals surface area contributed by atoms with E-state index in [2.05, 4.69) is 25.1 Å². The summed E-state index contributed by atoms with van der Waals surface area (Å²) in [5, 5.41) is 21.5. The number of pyridine rings is 1. The summed E-state index contributed by atoms with van der Waals surface area (Å²) in [4.78, 5) is 13.4. The van der Waals surface area contributed by atoms with Crippen molar-refractivity contribution < 1.29 is 29.0 Å². The summed E-state index contributed by atoms with van der Waals surface area (Å²) in [6, 6.07) is 26.9. The van der Waals surface area contributed by atoms with Gasteiger partial charge in [-0.3, -0.25) is 10.0 Å². The maximum Gasteiger partial charge on any atom is 0.222 e. The zero-order valence-corrected chi connectivity index (χ0v) is 22.3. The van der Waals surface area contributed by atoms with E-state index in [1.165, 1.54) is 12.4 Å². The van der Waals surface area contributed by atoms with E-state index >= 15 is 0 Å². The Balaban J connectivity index is 1.38. The van der Waals surface area contributed by atoms with Crippen LogP contribution in [0.15, 0.2) is 102 Å². The highest BCUT2D eigenvalue weighted by Crippen LogP contribution is 2.35. The summed E-state index contributed by atoms with van der Waals surface area (Å²) >= 11 is 0. The highest BCUT2D eigenvalue weighted by Gasteiger charge is 2.31. The fourth-order valence-electron chi connectivity index (χ4n) is 5.11. The minimum absolute atomic E-state index is 0.0626. The van der Waals surface area contributed by atoms with E-state index in [0.29, 0.717) is 29.7 Å². The number of carbonyl (C=O) groups is 1. The fourth-order valence-corrected chi connectivity index (χ4v) is 5.11. The van der Waals surface area contributed by atoms with Gasteiger partial charge in [0.1, 0.15) is 28.5 Å². The van der Waals surface area contributed by atoms with Crippen molar-refractivity contribution in [1.29, 1.82) is 0 Å². The van der Waals surface area contributed by atoms with Gasteiger partial charge in [-0.2, -0.15) is 0 Å². The van der Waals surface area contributed by atoms with Crippen molar-refractivity contribution in [2.24, 2.45) is 0 Å². The molecule has 6 nitrogen and oxygen atoms in total. The van der Waals surface area contributed by atoms with E-state index in [4.69, 9.17) is 9.15 Å². The summed E-state index contributed by atoms with van der Waals surface area (Å²) in [5.74, 6) is 1.25. The van der Waals surface area contributed by atoms with E-state index in [1.54, 1.807) is 32.2 Å². The van der Waals surface area contributed by atoms with Gasteiger partial charge >= 0.3 is 0 Å². The van der Waals surface area contributed by atoms with Crippen LogP contribution in [0.5, 0.6) is 5.75 Å². The summed E-state index contributed by atoms with van der Waals surface area (Å²) in [5.41, 5.74) is 4.02. The van der Waals surface area contributed by atoms with Crippen molar-refractivity contribution in [2.75, 3.05) is 7.11 Å². The molecule has 2 N–H and O–H groups in total. The highest BCUT2D eigenvalue weighted by molar-refractivity contribution is 5.85. The second-order valence-corrected chi connectivity index (χ2v) is 10.1. The Hall–Kier alpha value is -4.42. The lowest BCUT2D eigenvalue weighted by Gasteiger charge is -2.20. The van der Waals surface area contributed by atoms with Crippen molar-refractivity contribution >= 4 is 16.8 Å². The number of benzene rings is 3. The van der Waals surface area contributed by atoms with Crippen LogP contribution in [-0.4, -0.2) is 23.2 Å². The Morgan fingerprint density at radius 1 is 1.00 bits per heavy atom. The van der Waals surface area contributed by atoms with Crippen molar-refractivity contribution in [3.63, 3.8) is 0 Å². The molecule has 39 heavy (non-hydrogen) atoms. The number of hydrogen-bond acceptors (Lipinski definition) is 5. The van der Waals surface area contributed by atoms with Crippen molar-refractivity contribution in [3.8, 4) is 5.75 Å². The predicted molar refractivity (Wildman–Crippen MR) is 148 cm³/mol. The molecular weight excluding hydrogens is 490 g/mol. The van der Waals surface area contributed by atoms with Crippen molar-refractivity contribution in [1.82, 2.24) is 0 Å². The number of aromatic nitrogens is 1. The van der Waals surface area contributed by atoms with E-state index < -0.39 is 5.60 Å². The Morgan fingerprint density at radius 2 is 1.74 bits per heavy atom. The third-order valence-electron chi connectivity index (χ3n) is 7.32. The number of furan rings is 1. The van der Waals surface area contributed by atoms with Crippen LogP contribution in [0.4, 0.5) is 0 Å². The lowest BCUT2D eigenvalue weighted by Crippen LogP contribution is -2.30. The number of hydrogen-bond donors (Lipinski definition) is 2. The first-order valence-electron chi connectivity index (χ1n) is 12.9. The van der Waals surface area contributed by atoms with Crippen LogP contribution in [-0.2, 0) is 16.8 Å². The maximum absolute atomic E-state index is 13.4. The Morgan fingerprint density at radius 3 is 2.44 bits per heavy atom. The predicted octanol–water partition coefficient (Wildman–Crippen LogP) is 5.86. The Labute approximate surface area is 227 Å². The molecule has 5 rings (SSSR count). The van der Waals surface area contributed by atoms with Crippen LogP contribution in [0.3, 0.4) is 0 Å². The Kier molecular flexibility index (Phi) is 7.22. The molecule has 198 valence electrons. The molecule has 2 aromatic heterocycles. The molecule has 2 atom stereocenters. The molecule has 0 saturated heterocycles. The smallest absolute Gasteiger partial charge is 0.222 e. The number of ether oxygens (including phenoxy) is 1. The summed E-state index contributed by atoms with van der Waals surface area (Å²) in [6.45, 7) is 3.70. The van der Waals surface area contributed by atoms with Gasteiger partial charge in [0.25, 0.3) is 0 Å². The number of carbonyl (C=O) groups excluding carboxylic acids is 1. The topological polar surface area (TPSA) is 83.8 Å². The van der Waals surface area contributed by atoms with E-state index in [0.717, 1.165) is 38.1 Å². The van der Waals surface area contributed by atoms with Gasteiger partial charge in [0.05, 0.1) is 7.11 Å². The average molecular weight is 523 g/mol. The number of rotatable bonds is 9. The van der Waals surface area contributed by atoms with Gasteiger partial charge in [-0.05, 0) is 66.4 Å². The van der Waals surface area contributed by atoms with Crippen LogP contribution < -0.4 is 9.47 Å². The molecule has 0 fully saturated rings. The lowest BCUT2D eigenvalue weighted by molar-refractivity contribution is -0.904. The molecule has 0 spiro atoms. The van der Waals surface area contributed by atoms with Gasteiger partial charge in [-0.15, -0.1) is 0 Å². The van der Waals surface area contributed by atoms with E-state index in [9.17, 15) is 15.1 Å². The van der Waals surface area contributed by atoms with Gasteiger partial charge in [-0.1, -0.05) is 42.5 Å². The summed E-state index contributed by atoms with van der Waals surface area (Å²) < 4.78 is 12.3. The number of fused-ring (bicyclic) bond motifs is 1. The van der Waals surface area contributed by atoms with Crippen molar-refractivity contribution in [2.45, 2.75) is 38.2 Å². The molecule has 0 aliphatic rings. The number of ketones is 1. The second-order valence-electron chi connectivity index (χ2n) is 10.1. The number of aryl methyl sites for hydroxylation is 1. The Bertz CT molecular complexity index is 1600. The normalized spacial score (nSPS) is 13.6. The maximum atomic E-state index is 13.4. The largest absolute Gasteiger partial charge is 0.497 e. The third-order valence-corrected chi connectivity index (χ3v) is 7.32. The molecule has 0 bridgehead atoms. The first kappa shape index (κ1) is 26.2. The summed E-state index contributed by atoms with van der Waals surface area (Å²) in [6.07, 6.45) is 3.57. The number of methoxy groups -OCH3 is 1. The first-order chi connectivity index (χ1) is 18.7. The monoisotopic (exact) mass is 522 g/mol. The van der Waals surface area contributed by atoms with Gasteiger partial charge < -0.3 is 14.3 Å². The molecule has 0 saturated carbocycles. The third kappa shape index (κ3) is 5.56. The van der Waals surface area contributed by atoms with Gasteiger partial charge in [0.2, 0.25) is 12.4 Å². The average Bonchev–Trinajstić information content (AvgIpc) is 3.37.